The van der Waals surface area contributed by atoms with E-state index < -0.39 is 5.60 Å². The fourth-order valence-corrected chi connectivity index (χ4v) is 4.19. The molecular weight excluding hydrogens is 449 g/mol. The third-order valence-corrected chi connectivity index (χ3v) is 6.32. The van der Waals surface area contributed by atoms with Gasteiger partial charge in [0.05, 0.1) is 22.0 Å². The summed E-state index contributed by atoms with van der Waals surface area (Å²) in [6, 6.07) is 7.22. The van der Waals surface area contributed by atoms with Gasteiger partial charge in [-0.25, -0.2) is 4.98 Å². The smallest absolute Gasteiger partial charge is 0.306 e. The van der Waals surface area contributed by atoms with Crippen LogP contribution in [0.3, 0.4) is 0 Å². The summed E-state index contributed by atoms with van der Waals surface area (Å²) in [6.45, 7) is 8.97. The number of piperidine rings is 1. The fourth-order valence-electron chi connectivity index (χ4n) is 3.80. The molecule has 7 nitrogen and oxygen atoms in total. The van der Waals surface area contributed by atoms with Crippen molar-refractivity contribution in [1.82, 2.24) is 9.97 Å². The summed E-state index contributed by atoms with van der Waals surface area (Å²) in [5, 5.41) is 10.4. The van der Waals surface area contributed by atoms with Crippen LogP contribution in [0.1, 0.15) is 52.7 Å². The van der Waals surface area contributed by atoms with Crippen LogP contribution in [0.15, 0.2) is 18.2 Å². The molecule has 1 saturated heterocycles. The number of benzene rings is 1. The van der Waals surface area contributed by atoms with Gasteiger partial charge >= 0.3 is 5.97 Å². The van der Waals surface area contributed by atoms with Gasteiger partial charge in [0.25, 0.3) is 0 Å². The van der Waals surface area contributed by atoms with E-state index in [1.54, 1.807) is 18.2 Å². The number of nitrogens with zero attached hydrogens (tertiary/aromatic N) is 4. The van der Waals surface area contributed by atoms with E-state index in [1.165, 1.54) is 0 Å². The minimum absolute atomic E-state index is 0.138. The molecule has 0 amide bonds. The molecule has 2 N–H and O–H groups in total. The number of carbonyl (C=O) groups excluding carboxylic acids is 1. The Bertz CT molecular complexity index is 1070. The highest BCUT2D eigenvalue weighted by Crippen LogP contribution is 2.39. The van der Waals surface area contributed by atoms with Crippen molar-refractivity contribution in [3.05, 3.63) is 33.9 Å². The standard InChI is InChI=1S/C23H27Cl2N5O2/c1-22(2,3)32-17(31)12-23(4)8-10-30(11-9-23)21-28-16(13-26)18(20(27)29-21)14-6-5-7-15(24)19(14)25/h5-7H,8-12H2,1-4H3,(H2,27,28,29). The number of nitrogens with two attached hydrogens (primary N) is 1. The molecule has 32 heavy (non-hydrogen) atoms. The van der Waals surface area contributed by atoms with E-state index in [1.807, 2.05) is 25.7 Å². The van der Waals surface area contributed by atoms with Crippen LogP contribution in [0.2, 0.25) is 10.0 Å². The molecule has 0 bridgehead atoms. The average molecular weight is 476 g/mol. The molecule has 3 rings (SSSR count). The van der Waals surface area contributed by atoms with E-state index in [2.05, 4.69) is 23.0 Å². The van der Waals surface area contributed by atoms with Gasteiger partial charge in [0.1, 0.15) is 17.5 Å². The third-order valence-electron chi connectivity index (χ3n) is 5.50. The average Bonchev–Trinajstić information content (AvgIpc) is 2.68. The predicted molar refractivity (Wildman–Crippen MR) is 127 cm³/mol. The van der Waals surface area contributed by atoms with Crippen LogP contribution in [0.25, 0.3) is 11.1 Å². The summed E-state index contributed by atoms with van der Waals surface area (Å²) in [6.07, 6.45) is 1.88. The van der Waals surface area contributed by atoms with Gasteiger partial charge in [-0.05, 0) is 45.1 Å². The Morgan fingerprint density at radius 2 is 1.94 bits per heavy atom. The molecule has 170 valence electrons. The molecule has 0 atom stereocenters. The normalized spacial score (nSPS) is 15.8. The summed E-state index contributed by atoms with van der Waals surface area (Å²) in [5.41, 5.74) is 6.60. The van der Waals surface area contributed by atoms with Gasteiger partial charge in [-0.3, -0.25) is 4.79 Å². The highest BCUT2D eigenvalue weighted by atomic mass is 35.5. The van der Waals surface area contributed by atoms with Crippen molar-refractivity contribution in [3.63, 3.8) is 0 Å². The number of halogens is 2. The summed E-state index contributed by atoms with van der Waals surface area (Å²) in [5.74, 6) is 0.363. The van der Waals surface area contributed by atoms with Crippen LogP contribution in [0, 0.1) is 16.7 Å². The van der Waals surface area contributed by atoms with E-state index in [0.717, 1.165) is 12.8 Å². The van der Waals surface area contributed by atoms with Crippen molar-refractivity contribution >= 4 is 40.9 Å². The second-order valence-corrected chi connectivity index (χ2v) is 10.2. The Hall–Kier alpha value is -2.56. The van der Waals surface area contributed by atoms with Gasteiger partial charge in [0.2, 0.25) is 5.95 Å². The summed E-state index contributed by atoms with van der Waals surface area (Å²) in [4.78, 5) is 23.2. The summed E-state index contributed by atoms with van der Waals surface area (Å²) < 4.78 is 5.49. The van der Waals surface area contributed by atoms with E-state index in [-0.39, 0.29) is 22.9 Å². The summed E-state index contributed by atoms with van der Waals surface area (Å²) >= 11 is 12.5. The van der Waals surface area contributed by atoms with Crippen LogP contribution in [-0.4, -0.2) is 34.6 Å². The largest absolute Gasteiger partial charge is 0.460 e. The van der Waals surface area contributed by atoms with Gasteiger partial charge < -0.3 is 15.4 Å². The van der Waals surface area contributed by atoms with Crippen LogP contribution < -0.4 is 10.6 Å². The Balaban J connectivity index is 1.79. The number of aromatic nitrogens is 2. The van der Waals surface area contributed by atoms with Crippen molar-refractivity contribution < 1.29 is 9.53 Å². The van der Waals surface area contributed by atoms with E-state index in [4.69, 9.17) is 33.7 Å². The van der Waals surface area contributed by atoms with Crippen LogP contribution in [-0.2, 0) is 9.53 Å². The zero-order chi connectivity index (χ0) is 23.7. The van der Waals surface area contributed by atoms with Crippen LogP contribution >= 0.6 is 23.2 Å². The molecule has 1 aromatic carbocycles. The lowest BCUT2D eigenvalue weighted by atomic mass is 9.77. The lowest BCUT2D eigenvalue weighted by Crippen LogP contribution is -2.41. The molecule has 0 aliphatic carbocycles. The molecule has 1 fully saturated rings. The number of ether oxygens (including phenoxy) is 1. The zero-order valence-corrected chi connectivity index (χ0v) is 20.2. The second-order valence-electron chi connectivity index (χ2n) is 9.41. The minimum atomic E-state index is -0.499. The maximum Gasteiger partial charge on any atom is 0.306 e. The van der Waals surface area contributed by atoms with Crippen LogP contribution in [0.4, 0.5) is 11.8 Å². The number of carbonyl (C=O) groups is 1. The van der Waals surface area contributed by atoms with Crippen molar-refractivity contribution in [3.8, 4) is 17.2 Å². The quantitative estimate of drug-likeness (QED) is 0.602. The van der Waals surface area contributed by atoms with Gasteiger partial charge in [-0.1, -0.05) is 42.3 Å². The SMILES string of the molecule is CC1(CC(=O)OC(C)(C)C)CCN(c2nc(N)c(-c3cccc(Cl)c3Cl)c(C#N)n2)CC1. The highest BCUT2D eigenvalue weighted by Gasteiger charge is 2.35. The number of rotatable bonds is 4. The summed E-state index contributed by atoms with van der Waals surface area (Å²) in [7, 11) is 0. The molecule has 0 unspecified atom stereocenters. The number of anilines is 2. The first kappa shape index (κ1) is 24.1. The maximum atomic E-state index is 12.3. The Kier molecular flexibility index (Phi) is 6.87. The maximum absolute atomic E-state index is 12.3. The number of nitriles is 1. The fraction of sp³-hybridized carbons (Fsp3) is 0.478. The first-order valence-electron chi connectivity index (χ1n) is 10.4. The third kappa shape index (κ3) is 5.43. The van der Waals surface area contributed by atoms with Crippen molar-refractivity contribution in [2.75, 3.05) is 23.7 Å². The van der Waals surface area contributed by atoms with Gasteiger partial charge in [0.15, 0.2) is 5.69 Å². The van der Waals surface area contributed by atoms with Crippen molar-refractivity contribution in [1.29, 1.82) is 5.26 Å². The second kappa shape index (κ2) is 9.13. The zero-order valence-electron chi connectivity index (χ0n) is 18.7. The number of esters is 1. The van der Waals surface area contributed by atoms with E-state index in [0.29, 0.717) is 46.6 Å². The Morgan fingerprint density at radius 1 is 1.28 bits per heavy atom. The van der Waals surface area contributed by atoms with Crippen molar-refractivity contribution in [2.24, 2.45) is 5.41 Å². The monoisotopic (exact) mass is 475 g/mol. The molecule has 0 spiro atoms. The molecular formula is C23H27Cl2N5O2. The van der Waals surface area contributed by atoms with Gasteiger partial charge in [-0.2, -0.15) is 10.2 Å². The number of nitrogen functional groups attached to an aromatic ring is 1. The molecule has 2 aromatic rings. The Morgan fingerprint density at radius 3 is 2.53 bits per heavy atom. The molecule has 1 aliphatic rings. The minimum Gasteiger partial charge on any atom is -0.460 e. The topological polar surface area (TPSA) is 105 Å². The lowest BCUT2D eigenvalue weighted by Gasteiger charge is -2.39. The van der Waals surface area contributed by atoms with E-state index in [9.17, 15) is 10.1 Å². The van der Waals surface area contributed by atoms with E-state index >= 15 is 0 Å². The predicted octanol–water partition coefficient (Wildman–Crippen LogP) is 5.24. The molecule has 1 aliphatic heterocycles. The first-order chi connectivity index (χ1) is 14.9. The number of hydrogen-bond acceptors (Lipinski definition) is 7. The molecule has 9 heteroatoms. The lowest BCUT2D eigenvalue weighted by molar-refractivity contribution is -0.157. The van der Waals surface area contributed by atoms with Crippen LogP contribution in [0.5, 0.6) is 0 Å². The molecule has 1 aromatic heterocycles. The molecule has 0 saturated carbocycles. The van der Waals surface area contributed by atoms with Gasteiger partial charge in [-0.15, -0.1) is 0 Å². The first-order valence-corrected chi connectivity index (χ1v) is 11.2. The highest BCUT2D eigenvalue weighted by molar-refractivity contribution is 6.43. The van der Waals surface area contributed by atoms with Gasteiger partial charge in [0, 0.05) is 18.7 Å². The Labute approximate surface area is 198 Å². The number of hydrogen-bond donors (Lipinski definition) is 1. The van der Waals surface area contributed by atoms with Crippen molar-refractivity contribution in [2.45, 2.75) is 52.6 Å². The molecule has 2 heterocycles. The molecule has 0 radical (unpaired) electrons.